The standard InChI is InChI=1S/C21H12BN3/c23-13-16-1-7-19(8-2-16)22(20-9-3-17(14-24)4-10-20)21-11-5-18(15-25)6-12-21/h1-12H. The molecule has 0 aliphatic heterocycles. The van der Waals surface area contributed by atoms with Gasteiger partial charge in [0.1, 0.15) is 0 Å². The number of rotatable bonds is 3. The van der Waals surface area contributed by atoms with Crippen LogP contribution in [0.4, 0.5) is 0 Å². The fourth-order valence-corrected chi connectivity index (χ4v) is 2.83. The number of nitrogens with zero attached hydrogens (tertiary/aromatic N) is 3. The molecule has 3 rings (SSSR count). The van der Waals surface area contributed by atoms with E-state index in [-0.39, 0.29) is 6.71 Å². The molecular formula is C21H12BN3. The molecule has 0 unspecified atom stereocenters. The summed E-state index contributed by atoms with van der Waals surface area (Å²) >= 11 is 0. The van der Waals surface area contributed by atoms with Crippen molar-refractivity contribution in [3.05, 3.63) is 89.5 Å². The molecule has 25 heavy (non-hydrogen) atoms. The van der Waals surface area contributed by atoms with E-state index < -0.39 is 0 Å². The summed E-state index contributed by atoms with van der Waals surface area (Å²) in [6.07, 6.45) is 0. The molecule has 0 heterocycles. The van der Waals surface area contributed by atoms with E-state index in [0.717, 1.165) is 16.4 Å². The highest BCUT2D eigenvalue weighted by Crippen LogP contribution is 2.02. The molecule has 0 atom stereocenters. The molecule has 0 aromatic heterocycles. The molecule has 3 nitrogen and oxygen atoms in total. The zero-order valence-corrected chi connectivity index (χ0v) is 13.3. The quantitative estimate of drug-likeness (QED) is 0.692. The third kappa shape index (κ3) is 3.42. The van der Waals surface area contributed by atoms with Gasteiger partial charge in [0.25, 0.3) is 0 Å². The third-order valence-corrected chi connectivity index (χ3v) is 4.12. The maximum atomic E-state index is 9.01. The fourth-order valence-electron chi connectivity index (χ4n) is 2.83. The van der Waals surface area contributed by atoms with Crippen LogP contribution in [0.2, 0.25) is 0 Å². The van der Waals surface area contributed by atoms with E-state index in [9.17, 15) is 0 Å². The molecule has 3 aromatic rings. The average Bonchev–Trinajstić information content (AvgIpc) is 2.70. The topological polar surface area (TPSA) is 71.4 Å². The number of hydrogen-bond acceptors (Lipinski definition) is 3. The van der Waals surface area contributed by atoms with Crippen molar-refractivity contribution in [1.29, 1.82) is 15.8 Å². The van der Waals surface area contributed by atoms with Gasteiger partial charge < -0.3 is 0 Å². The highest BCUT2D eigenvalue weighted by Gasteiger charge is 2.21. The van der Waals surface area contributed by atoms with Crippen LogP contribution >= 0.6 is 0 Å². The lowest BCUT2D eigenvalue weighted by Gasteiger charge is -2.16. The highest BCUT2D eigenvalue weighted by molar-refractivity contribution is 6.95. The lowest BCUT2D eigenvalue weighted by atomic mass is 9.37. The van der Waals surface area contributed by atoms with Gasteiger partial charge in [0.05, 0.1) is 34.9 Å². The van der Waals surface area contributed by atoms with Crippen molar-refractivity contribution in [2.75, 3.05) is 0 Å². The van der Waals surface area contributed by atoms with Gasteiger partial charge >= 0.3 is 0 Å². The van der Waals surface area contributed by atoms with Crippen LogP contribution in [-0.2, 0) is 0 Å². The zero-order valence-electron chi connectivity index (χ0n) is 13.3. The Morgan fingerprint density at radius 3 is 0.880 bits per heavy atom. The van der Waals surface area contributed by atoms with Gasteiger partial charge in [-0.05, 0) is 36.4 Å². The number of nitriles is 3. The molecule has 4 heteroatoms. The maximum absolute atomic E-state index is 9.01. The molecule has 3 aromatic carbocycles. The second-order valence-electron chi connectivity index (χ2n) is 5.63. The Morgan fingerprint density at radius 1 is 0.440 bits per heavy atom. The van der Waals surface area contributed by atoms with Crippen molar-refractivity contribution in [2.24, 2.45) is 0 Å². The van der Waals surface area contributed by atoms with Gasteiger partial charge in [-0.1, -0.05) is 52.8 Å². The van der Waals surface area contributed by atoms with E-state index in [0.29, 0.717) is 16.7 Å². The van der Waals surface area contributed by atoms with E-state index in [4.69, 9.17) is 15.8 Å². The van der Waals surface area contributed by atoms with Crippen LogP contribution in [0.1, 0.15) is 16.7 Å². The Hall–Kier alpha value is -3.81. The minimum atomic E-state index is -0.0340. The van der Waals surface area contributed by atoms with Gasteiger partial charge in [-0.25, -0.2) is 0 Å². The average molecular weight is 317 g/mol. The largest absolute Gasteiger partial charge is 0.241 e. The van der Waals surface area contributed by atoms with Crippen LogP contribution in [0, 0.1) is 34.0 Å². The third-order valence-electron chi connectivity index (χ3n) is 4.12. The maximum Gasteiger partial charge on any atom is 0.241 e. The van der Waals surface area contributed by atoms with Crippen LogP contribution in [-0.4, -0.2) is 6.71 Å². The van der Waals surface area contributed by atoms with Crippen molar-refractivity contribution in [3.63, 3.8) is 0 Å². The van der Waals surface area contributed by atoms with E-state index in [2.05, 4.69) is 18.2 Å². The van der Waals surface area contributed by atoms with Crippen LogP contribution < -0.4 is 16.4 Å². The molecule has 0 amide bonds. The first-order valence-electron chi connectivity index (χ1n) is 7.75. The van der Waals surface area contributed by atoms with E-state index in [1.54, 1.807) is 36.4 Å². The van der Waals surface area contributed by atoms with Crippen molar-refractivity contribution in [1.82, 2.24) is 0 Å². The second-order valence-corrected chi connectivity index (χ2v) is 5.63. The van der Waals surface area contributed by atoms with Gasteiger partial charge in [0, 0.05) is 0 Å². The number of benzene rings is 3. The fraction of sp³-hybridized carbons (Fsp3) is 0. The summed E-state index contributed by atoms with van der Waals surface area (Å²) in [5.41, 5.74) is 4.99. The monoisotopic (exact) mass is 317 g/mol. The van der Waals surface area contributed by atoms with Gasteiger partial charge in [0.2, 0.25) is 6.71 Å². The normalized spacial score (nSPS) is 9.48. The van der Waals surface area contributed by atoms with Gasteiger partial charge in [-0.2, -0.15) is 15.8 Å². The molecule has 0 spiro atoms. The van der Waals surface area contributed by atoms with E-state index in [1.807, 2.05) is 36.4 Å². The van der Waals surface area contributed by atoms with Crippen LogP contribution in [0.5, 0.6) is 0 Å². The molecule has 0 saturated heterocycles. The SMILES string of the molecule is N#Cc1ccc(B(c2ccc(C#N)cc2)c2ccc(C#N)cc2)cc1. The van der Waals surface area contributed by atoms with Crippen LogP contribution in [0.25, 0.3) is 0 Å². The molecule has 0 aliphatic carbocycles. The minimum Gasteiger partial charge on any atom is -0.192 e. The second kappa shape index (κ2) is 7.18. The predicted octanol–water partition coefficient (Wildman–Crippen LogP) is 1.82. The summed E-state index contributed by atoms with van der Waals surface area (Å²) in [6, 6.07) is 28.9. The Morgan fingerprint density at radius 2 is 0.680 bits per heavy atom. The van der Waals surface area contributed by atoms with Crippen LogP contribution in [0.3, 0.4) is 0 Å². The lowest BCUT2D eigenvalue weighted by molar-refractivity contribution is 1.49. The minimum absolute atomic E-state index is 0.0340. The first-order valence-corrected chi connectivity index (χ1v) is 7.75. The van der Waals surface area contributed by atoms with Gasteiger partial charge in [-0.3, -0.25) is 0 Å². The smallest absolute Gasteiger partial charge is 0.192 e. The summed E-state index contributed by atoms with van der Waals surface area (Å²) in [7, 11) is 0. The summed E-state index contributed by atoms with van der Waals surface area (Å²) in [5.74, 6) is 0. The van der Waals surface area contributed by atoms with Crippen molar-refractivity contribution >= 4 is 23.1 Å². The predicted molar refractivity (Wildman–Crippen MR) is 98.1 cm³/mol. The molecule has 0 saturated carbocycles. The molecule has 0 bridgehead atoms. The highest BCUT2D eigenvalue weighted by atomic mass is 14.2. The first-order chi connectivity index (χ1) is 12.2. The summed E-state index contributed by atoms with van der Waals surface area (Å²) in [5, 5.41) is 27.0. The summed E-state index contributed by atoms with van der Waals surface area (Å²) in [6.45, 7) is -0.0340. The Balaban J connectivity index is 2.10. The van der Waals surface area contributed by atoms with Crippen molar-refractivity contribution in [2.45, 2.75) is 0 Å². The molecule has 0 radical (unpaired) electrons. The van der Waals surface area contributed by atoms with E-state index in [1.165, 1.54) is 0 Å². The van der Waals surface area contributed by atoms with Gasteiger partial charge in [0.15, 0.2) is 0 Å². The summed E-state index contributed by atoms with van der Waals surface area (Å²) < 4.78 is 0. The Kier molecular flexibility index (Phi) is 4.61. The van der Waals surface area contributed by atoms with Crippen molar-refractivity contribution < 1.29 is 0 Å². The molecule has 114 valence electrons. The summed E-state index contributed by atoms with van der Waals surface area (Å²) in [4.78, 5) is 0. The Bertz CT molecular complexity index is 863. The molecule has 0 N–H and O–H groups in total. The van der Waals surface area contributed by atoms with Crippen molar-refractivity contribution in [3.8, 4) is 18.2 Å². The zero-order chi connectivity index (χ0) is 17.6. The van der Waals surface area contributed by atoms with E-state index >= 15 is 0 Å². The lowest BCUT2D eigenvalue weighted by Crippen LogP contribution is -2.51. The molecular weight excluding hydrogens is 305 g/mol. The first kappa shape index (κ1) is 16.1. The molecule has 0 aliphatic rings. The molecule has 0 fully saturated rings. The van der Waals surface area contributed by atoms with Crippen LogP contribution in [0.15, 0.2) is 72.8 Å². The van der Waals surface area contributed by atoms with Gasteiger partial charge in [-0.15, -0.1) is 0 Å². The Labute approximate surface area is 147 Å². The number of hydrogen-bond donors (Lipinski definition) is 0.